The van der Waals surface area contributed by atoms with Gasteiger partial charge in [-0.15, -0.1) is 24.0 Å². The monoisotopic (exact) mass is 481 g/mol. The van der Waals surface area contributed by atoms with Crippen molar-refractivity contribution in [2.75, 3.05) is 39.9 Å². The fourth-order valence-corrected chi connectivity index (χ4v) is 2.95. The molecule has 1 aromatic carbocycles. The molecule has 7 heteroatoms. The van der Waals surface area contributed by atoms with Crippen LogP contribution < -0.4 is 10.1 Å². The van der Waals surface area contributed by atoms with Crippen LogP contribution >= 0.6 is 35.6 Å². The van der Waals surface area contributed by atoms with Crippen LogP contribution in [0.2, 0.25) is 5.02 Å². The Labute approximate surface area is 173 Å². The van der Waals surface area contributed by atoms with E-state index >= 15 is 0 Å². The molecule has 25 heavy (non-hydrogen) atoms. The minimum absolute atomic E-state index is 0. The van der Waals surface area contributed by atoms with Crippen LogP contribution in [-0.4, -0.2) is 56.9 Å². The highest BCUT2D eigenvalue weighted by atomic mass is 127. The second-order valence-corrected chi connectivity index (χ2v) is 6.57. The maximum atomic E-state index is 5.89. The molecule has 142 valence electrons. The number of rotatable bonds is 7. The fraction of sp³-hybridized carbons (Fsp3) is 0.611. The Morgan fingerprint density at radius 1 is 1.40 bits per heavy atom. The van der Waals surface area contributed by atoms with Crippen LogP contribution in [0.4, 0.5) is 0 Å². The maximum Gasteiger partial charge on any atom is 0.194 e. The Balaban J connectivity index is 0.00000312. The first-order chi connectivity index (χ1) is 11.6. The van der Waals surface area contributed by atoms with Crippen LogP contribution in [0.3, 0.4) is 0 Å². The lowest BCUT2D eigenvalue weighted by atomic mass is 10.1. The zero-order chi connectivity index (χ0) is 17.4. The summed E-state index contributed by atoms with van der Waals surface area (Å²) < 4.78 is 11.2. The van der Waals surface area contributed by atoms with Gasteiger partial charge < -0.3 is 19.7 Å². The van der Waals surface area contributed by atoms with Crippen molar-refractivity contribution in [3.05, 3.63) is 29.3 Å². The molecule has 0 amide bonds. The summed E-state index contributed by atoms with van der Waals surface area (Å²) in [7, 11) is 1.76. The van der Waals surface area contributed by atoms with Gasteiger partial charge in [0.05, 0.1) is 13.2 Å². The molecule has 1 aliphatic rings. The Bertz CT molecular complexity index is 528. The zero-order valence-electron chi connectivity index (χ0n) is 15.2. The molecule has 5 nitrogen and oxygen atoms in total. The molecule has 2 unspecified atom stereocenters. The van der Waals surface area contributed by atoms with Crippen LogP contribution in [-0.2, 0) is 4.74 Å². The van der Waals surface area contributed by atoms with Gasteiger partial charge in [-0.2, -0.15) is 0 Å². The van der Waals surface area contributed by atoms with Crippen molar-refractivity contribution >= 4 is 41.5 Å². The number of guanidine groups is 1. The van der Waals surface area contributed by atoms with E-state index in [1.807, 2.05) is 31.2 Å². The van der Waals surface area contributed by atoms with Crippen LogP contribution in [0.15, 0.2) is 29.3 Å². The average molecular weight is 482 g/mol. The summed E-state index contributed by atoms with van der Waals surface area (Å²) in [5.74, 6) is 2.36. The van der Waals surface area contributed by atoms with E-state index in [4.69, 9.17) is 26.1 Å². The minimum Gasteiger partial charge on any atom is -0.489 e. The first-order valence-electron chi connectivity index (χ1n) is 8.56. The van der Waals surface area contributed by atoms with E-state index in [0.29, 0.717) is 17.5 Å². The molecule has 1 aromatic rings. The summed E-state index contributed by atoms with van der Waals surface area (Å²) in [6, 6.07) is 7.42. The Morgan fingerprint density at radius 2 is 2.12 bits per heavy atom. The molecule has 1 saturated heterocycles. The third-order valence-corrected chi connectivity index (χ3v) is 4.22. The van der Waals surface area contributed by atoms with E-state index in [9.17, 15) is 0 Å². The highest BCUT2D eigenvalue weighted by Crippen LogP contribution is 2.18. The number of halogens is 2. The molecule has 1 fully saturated rings. The predicted octanol–water partition coefficient (Wildman–Crippen LogP) is 3.66. The standard InChI is InChI=1S/C18H28ClN3O2.HI/c1-4-20-18(22-10-9-15(12-22)13-23-3)21-11-14(2)24-17-7-5-16(19)6-8-17;/h5-8,14-15H,4,9-13H2,1-3H3,(H,20,21);1H. The van der Waals surface area contributed by atoms with E-state index < -0.39 is 0 Å². The summed E-state index contributed by atoms with van der Waals surface area (Å²) in [5, 5.41) is 4.09. The summed E-state index contributed by atoms with van der Waals surface area (Å²) in [6.45, 7) is 8.41. The molecule has 0 radical (unpaired) electrons. The lowest BCUT2D eigenvalue weighted by molar-refractivity contribution is 0.157. The summed E-state index contributed by atoms with van der Waals surface area (Å²) in [5.41, 5.74) is 0. The largest absolute Gasteiger partial charge is 0.489 e. The average Bonchev–Trinajstić information content (AvgIpc) is 3.02. The van der Waals surface area contributed by atoms with Gasteiger partial charge in [0.1, 0.15) is 11.9 Å². The number of benzene rings is 1. The van der Waals surface area contributed by atoms with E-state index in [1.54, 1.807) is 7.11 Å². The quantitative estimate of drug-likeness (QED) is 0.367. The van der Waals surface area contributed by atoms with Crippen molar-refractivity contribution in [3.63, 3.8) is 0 Å². The number of likely N-dealkylation sites (tertiary alicyclic amines) is 1. The van der Waals surface area contributed by atoms with Crippen molar-refractivity contribution in [3.8, 4) is 5.75 Å². The minimum atomic E-state index is -0.00259. The second-order valence-electron chi connectivity index (χ2n) is 6.13. The summed E-state index contributed by atoms with van der Waals surface area (Å²) in [6.07, 6.45) is 1.15. The molecule has 1 heterocycles. The van der Waals surface area contributed by atoms with Crippen LogP contribution in [0, 0.1) is 5.92 Å². The molecule has 0 spiro atoms. The lowest BCUT2D eigenvalue weighted by Crippen LogP contribution is -2.41. The molecule has 1 N–H and O–H groups in total. The number of methoxy groups -OCH3 is 1. The van der Waals surface area contributed by atoms with Gasteiger partial charge in [0.15, 0.2) is 5.96 Å². The maximum absolute atomic E-state index is 5.89. The smallest absolute Gasteiger partial charge is 0.194 e. The van der Waals surface area contributed by atoms with Gasteiger partial charge in [0.2, 0.25) is 0 Å². The molecule has 2 rings (SSSR count). The molecule has 0 bridgehead atoms. The molecular weight excluding hydrogens is 453 g/mol. The number of ether oxygens (including phenoxy) is 2. The number of hydrogen-bond donors (Lipinski definition) is 1. The third-order valence-electron chi connectivity index (χ3n) is 3.97. The molecule has 2 atom stereocenters. The first kappa shape index (κ1) is 22.3. The van der Waals surface area contributed by atoms with Gasteiger partial charge in [-0.25, -0.2) is 4.99 Å². The molecule has 0 saturated carbocycles. The van der Waals surface area contributed by atoms with Crippen molar-refractivity contribution in [2.45, 2.75) is 26.4 Å². The number of nitrogens with one attached hydrogen (secondary N) is 1. The number of nitrogens with zero attached hydrogens (tertiary/aromatic N) is 2. The SMILES string of the molecule is CCNC(=NCC(C)Oc1ccc(Cl)cc1)N1CCC(COC)C1.I. The Kier molecular flexibility index (Phi) is 10.5. The molecule has 0 aliphatic carbocycles. The van der Waals surface area contributed by atoms with Crippen molar-refractivity contribution in [2.24, 2.45) is 10.9 Å². The normalized spacial score (nSPS) is 18.6. The molecule has 1 aliphatic heterocycles. The van der Waals surface area contributed by atoms with Crippen LogP contribution in [0.5, 0.6) is 5.75 Å². The lowest BCUT2D eigenvalue weighted by Gasteiger charge is -2.22. The first-order valence-corrected chi connectivity index (χ1v) is 8.94. The molecule has 0 aromatic heterocycles. The van der Waals surface area contributed by atoms with Gasteiger partial charge in [0.25, 0.3) is 0 Å². The second kappa shape index (κ2) is 11.8. The highest BCUT2D eigenvalue weighted by Gasteiger charge is 2.24. The topological polar surface area (TPSA) is 46.1 Å². The van der Waals surface area contributed by atoms with Crippen molar-refractivity contribution < 1.29 is 9.47 Å². The Hall–Kier alpha value is -0.730. The summed E-state index contributed by atoms with van der Waals surface area (Å²) in [4.78, 5) is 7.05. The van der Waals surface area contributed by atoms with Crippen LogP contribution in [0.1, 0.15) is 20.3 Å². The van der Waals surface area contributed by atoms with E-state index in [2.05, 4.69) is 17.1 Å². The van der Waals surface area contributed by atoms with E-state index in [0.717, 1.165) is 44.4 Å². The highest BCUT2D eigenvalue weighted by molar-refractivity contribution is 14.0. The zero-order valence-corrected chi connectivity index (χ0v) is 18.3. The molecular formula is C18H29ClIN3O2. The van der Waals surface area contributed by atoms with E-state index in [-0.39, 0.29) is 30.1 Å². The Morgan fingerprint density at radius 3 is 2.76 bits per heavy atom. The van der Waals surface area contributed by atoms with Gasteiger partial charge in [0, 0.05) is 37.7 Å². The van der Waals surface area contributed by atoms with Gasteiger partial charge in [-0.1, -0.05) is 11.6 Å². The van der Waals surface area contributed by atoms with Crippen molar-refractivity contribution in [1.29, 1.82) is 0 Å². The van der Waals surface area contributed by atoms with Crippen molar-refractivity contribution in [1.82, 2.24) is 10.2 Å². The van der Waals surface area contributed by atoms with Gasteiger partial charge >= 0.3 is 0 Å². The third kappa shape index (κ3) is 7.58. The van der Waals surface area contributed by atoms with Crippen LogP contribution in [0.25, 0.3) is 0 Å². The van der Waals surface area contributed by atoms with E-state index in [1.165, 1.54) is 0 Å². The van der Waals surface area contributed by atoms with Gasteiger partial charge in [-0.05, 0) is 44.5 Å². The number of hydrogen-bond acceptors (Lipinski definition) is 3. The fourth-order valence-electron chi connectivity index (χ4n) is 2.82. The predicted molar refractivity (Wildman–Crippen MR) is 114 cm³/mol. The summed E-state index contributed by atoms with van der Waals surface area (Å²) >= 11 is 5.89. The van der Waals surface area contributed by atoms with Gasteiger partial charge in [-0.3, -0.25) is 0 Å². The number of aliphatic imine (C=N–C) groups is 1.